The third-order valence-electron chi connectivity index (χ3n) is 2.63. The van der Waals surface area contributed by atoms with Gasteiger partial charge >= 0.3 is 0 Å². The van der Waals surface area contributed by atoms with E-state index in [1.165, 1.54) is 6.20 Å². The molecule has 1 aromatic heterocycles. The molecule has 21 heavy (non-hydrogen) atoms. The van der Waals surface area contributed by atoms with Gasteiger partial charge in [0.05, 0.1) is 13.3 Å². The molecule has 1 heterocycles. The molecule has 0 aliphatic carbocycles. The fraction of sp³-hybridized carbons (Fsp3) is 0.231. The maximum Gasteiger partial charge on any atom is 0.264 e. The molecule has 0 spiro atoms. The number of aromatic nitrogens is 2. The number of methoxy groups -OCH3 is 1. The van der Waals surface area contributed by atoms with Crippen molar-refractivity contribution in [3.63, 3.8) is 0 Å². The van der Waals surface area contributed by atoms with Crippen LogP contribution in [0.15, 0.2) is 30.5 Å². The van der Waals surface area contributed by atoms with Crippen LogP contribution in [0.3, 0.4) is 0 Å². The predicted octanol–water partition coefficient (Wildman–Crippen LogP) is 0.706. The lowest BCUT2D eigenvalue weighted by atomic mass is 10.2. The molecule has 0 saturated heterocycles. The molecule has 2 aromatic rings. The number of amides is 2. The molecule has 8 heteroatoms. The SMILES string of the molecule is COc1ccc(C(=O)NCCNC(=O)c2cnns2)cc1. The minimum atomic E-state index is -0.247. The number of hydrogen-bond acceptors (Lipinski definition) is 6. The van der Waals surface area contributed by atoms with E-state index in [2.05, 4.69) is 20.2 Å². The molecule has 7 nitrogen and oxygen atoms in total. The molecule has 0 fully saturated rings. The van der Waals surface area contributed by atoms with Crippen molar-refractivity contribution in [2.45, 2.75) is 0 Å². The highest BCUT2D eigenvalue weighted by Crippen LogP contribution is 2.10. The van der Waals surface area contributed by atoms with E-state index in [1.54, 1.807) is 31.4 Å². The van der Waals surface area contributed by atoms with E-state index in [4.69, 9.17) is 4.74 Å². The van der Waals surface area contributed by atoms with Crippen LogP contribution >= 0.6 is 11.5 Å². The zero-order valence-corrected chi connectivity index (χ0v) is 12.1. The van der Waals surface area contributed by atoms with Gasteiger partial charge in [-0.05, 0) is 35.8 Å². The van der Waals surface area contributed by atoms with Crippen molar-refractivity contribution < 1.29 is 14.3 Å². The second kappa shape index (κ2) is 7.34. The Balaban J connectivity index is 1.72. The number of nitrogens with one attached hydrogen (secondary N) is 2. The van der Waals surface area contributed by atoms with Gasteiger partial charge in [0.25, 0.3) is 11.8 Å². The Morgan fingerprint density at radius 2 is 1.81 bits per heavy atom. The summed E-state index contributed by atoms with van der Waals surface area (Å²) in [5, 5.41) is 8.96. The number of ether oxygens (including phenoxy) is 1. The summed E-state index contributed by atoms with van der Waals surface area (Å²) >= 11 is 1.02. The summed E-state index contributed by atoms with van der Waals surface area (Å²) in [5.41, 5.74) is 0.536. The molecule has 0 unspecified atom stereocenters. The number of rotatable bonds is 6. The Kier molecular flexibility index (Phi) is 5.22. The van der Waals surface area contributed by atoms with E-state index in [0.29, 0.717) is 29.3 Å². The zero-order valence-electron chi connectivity index (χ0n) is 11.3. The predicted molar refractivity (Wildman–Crippen MR) is 77.6 cm³/mol. The van der Waals surface area contributed by atoms with Crippen LogP contribution in [-0.4, -0.2) is 41.6 Å². The van der Waals surface area contributed by atoms with E-state index in [-0.39, 0.29) is 11.8 Å². The fourth-order valence-electron chi connectivity index (χ4n) is 1.55. The van der Waals surface area contributed by atoms with Gasteiger partial charge in [0, 0.05) is 18.7 Å². The number of hydrogen-bond donors (Lipinski definition) is 2. The lowest BCUT2D eigenvalue weighted by Gasteiger charge is -2.06. The summed E-state index contributed by atoms with van der Waals surface area (Å²) in [6, 6.07) is 6.78. The molecule has 1 aromatic carbocycles. The largest absolute Gasteiger partial charge is 0.497 e. The van der Waals surface area contributed by atoms with Gasteiger partial charge in [0.1, 0.15) is 10.6 Å². The first-order valence-corrected chi connectivity index (χ1v) is 6.96. The van der Waals surface area contributed by atoms with Crippen molar-refractivity contribution in [2.75, 3.05) is 20.2 Å². The highest BCUT2D eigenvalue weighted by Gasteiger charge is 2.08. The third kappa shape index (κ3) is 4.25. The molecular weight excluding hydrogens is 292 g/mol. The van der Waals surface area contributed by atoms with Gasteiger partial charge in [-0.15, -0.1) is 5.10 Å². The first-order valence-electron chi connectivity index (χ1n) is 6.18. The van der Waals surface area contributed by atoms with Gasteiger partial charge < -0.3 is 15.4 Å². The maximum absolute atomic E-state index is 11.8. The van der Waals surface area contributed by atoms with Crippen molar-refractivity contribution in [1.29, 1.82) is 0 Å². The molecule has 2 N–H and O–H groups in total. The Morgan fingerprint density at radius 1 is 1.14 bits per heavy atom. The van der Waals surface area contributed by atoms with Crippen molar-refractivity contribution in [1.82, 2.24) is 20.2 Å². The summed E-state index contributed by atoms with van der Waals surface area (Å²) in [5.74, 6) is 0.243. The van der Waals surface area contributed by atoms with E-state index < -0.39 is 0 Å². The molecule has 0 aliphatic heterocycles. The maximum atomic E-state index is 11.8. The molecule has 2 amide bonds. The zero-order chi connectivity index (χ0) is 15.1. The molecular formula is C13H14N4O3S. The van der Waals surface area contributed by atoms with Crippen molar-refractivity contribution in [3.8, 4) is 5.75 Å². The van der Waals surface area contributed by atoms with Crippen LogP contribution in [-0.2, 0) is 0 Å². The average Bonchev–Trinajstić information content (AvgIpc) is 3.05. The first kappa shape index (κ1) is 14.9. The molecule has 0 bridgehead atoms. The lowest BCUT2D eigenvalue weighted by molar-refractivity contribution is 0.0929. The van der Waals surface area contributed by atoms with Crippen LogP contribution in [0.4, 0.5) is 0 Å². The van der Waals surface area contributed by atoms with Gasteiger partial charge in [-0.3, -0.25) is 9.59 Å². The molecule has 0 saturated carbocycles. The standard InChI is InChI=1S/C13H14N4O3S/c1-20-10-4-2-9(3-5-10)12(18)14-6-7-15-13(19)11-8-16-17-21-11/h2-5,8H,6-7H2,1H3,(H,14,18)(H,15,19). The highest BCUT2D eigenvalue weighted by atomic mass is 32.1. The van der Waals surface area contributed by atoms with Gasteiger partial charge in [-0.2, -0.15) is 0 Å². The number of benzene rings is 1. The van der Waals surface area contributed by atoms with Crippen LogP contribution in [0.25, 0.3) is 0 Å². The minimum Gasteiger partial charge on any atom is -0.497 e. The van der Waals surface area contributed by atoms with Crippen molar-refractivity contribution in [3.05, 3.63) is 40.9 Å². The van der Waals surface area contributed by atoms with Crippen molar-refractivity contribution >= 4 is 23.3 Å². The number of carbonyl (C=O) groups excluding carboxylic acids is 2. The summed E-state index contributed by atoms with van der Waals surface area (Å²) < 4.78 is 8.63. The van der Waals surface area contributed by atoms with Gasteiger partial charge in [-0.25, -0.2) is 0 Å². The topological polar surface area (TPSA) is 93.2 Å². The van der Waals surface area contributed by atoms with E-state index >= 15 is 0 Å². The first-order chi connectivity index (χ1) is 10.2. The summed E-state index contributed by atoms with van der Waals surface area (Å²) in [6.45, 7) is 0.668. The summed E-state index contributed by atoms with van der Waals surface area (Å²) in [7, 11) is 1.57. The van der Waals surface area contributed by atoms with Crippen LogP contribution < -0.4 is 15.4 Å². The summed E-state index contributed by atoms with van der Waals surface area (Å²) in [4.78, 5) is 23.9. The smallest absolute Gasteiger partial charge is 0.264 e. The van der Waals surface area contributed by atoms with E-state index in [1.807, 2.05) is 0 Å². The Morgan fingerprint density at radius 3 is 2.38 bits per heavy atom. The highest BCUT2D eigenvalue weighted by molar-refractivity contribution is 7.07. The van der Waals surface area contributed by atoms with Crippen LogP contribution in [0.2, 0.25) is 0 Å². The van der Waals surface area contributed by atoms with Gasteiger partial charge in [-0.1, -0.05) is 4.49 Å². The lowest BCUT2D eigenvalue weighted by Crippen LogP contribution is -2.34. The van der Waals surface area contributed by atoms with Crippen LogP contribution in [0.5, 0.6) is 5.75 Å². The summed E-state index contributed by atoms with van der Waals surface area (Å²) in [6.07, 6.45) is 1.40. The van der Waals surface area contributed by atoms with Crippen molar-refractivity contribution in [2.24, 2.45) is 0 Å². The number of carbonyl (C=O) groups is 2. The molecule has 110 valence electrons. The van der Waals surface area contributed by atoms with E-state index in [0.717, 1.165) is 11.5 Å². The molecule has 0 aliphatic rings. The molecule has 2 rings (SSSR count). The second-order valence-corrected chi connectivity index (χ2v) is 4.81. The van der Waals surface area contributed by atoms with Crippen LogP contribution in [0, 0.1) is 0 Å². The number of nitrogens with zero attached hydrogens (tertiary/aromatic N) is 2. The Hall–Kier alpha value is -2.48. The minimum absolute atomic E-state index is 0.202. The quantitative estimate of drug-likeness (QED) is 0.767. The average molecular weight is 306 g/mol. The Bertz CT molecular complexity index is 598. The van der Waals surface area contributed by atoms with Crippen LogP contribution in [0.1, 0.15) is 20.0 Å². The normalized spacial score (nSPS) is 9.95. The third-order valence-corrected chi connectivity index (χ3v) is 3.30. The molecule has 0 atom stereocenters. The van der Waals surface area contributed by atoms with E-state index in [9.17, 15) is 9.59 Å². The van der Waals surface area contributed by atoms with Gasteiger partial charge in [0.2, 0.25) is 0 Å². The van der Waals surface area contributed by atoms with Gasteiger partial charge in [0.15, 0.2) is 0 Å². The second-order valence-electron chi connectivity index (χ2n) is 4.02. The molecule has 0 radical (unpaired) electrons. The monoisotopic (exact) mass is 306 g/mol. The fourth-order valence-corrected chi connectivity index (χ4v) is 1.98. The Labute approximate surface area is 125 Å².